The number of hydrogen-bond acceptors (Lipinski definition) is 6. The summed E-state index contributed by atoms with van der Waals surface area (Å²) >= 11 is 0. The minimum atomic E-state index is -0.588. The van der Waals surface area contributed by atoms with Crippen LogP contribution < -0.4 is 0 Å². The fraction of sp³-hybridized carbons (Fsp3) is 0.600. The molecule has 0 radical (unpaired) electrons. The van der Waals surface area contributed by atoms with Gasteiger partial charge < -0.3 is 17.7 Å². The second kappa shape index (κ2) is 19.5. The van der Waals surface area contributed by atoms with Crippen LogP contribution >= 0.6 is 0 Å². The van der Waals surface area contributed by atoms with Crippen molar-refractivity contribution in [2.24, 2.45) is 0 Å². The predicted molar refractivity (Wildman–Crippen MR) is 114 cm³/mol. The Hall–Kier alpha value is -0.792. The van der Waals surface area contributed by atoms with E-state index in [4.69, 9.17) is 17.7 Å². The first-order chi connectivity index (χ1) is 11.9. The summed E-state index contributed by atoms with van der Waals surface area (Å²) < 4.78 is 20.3. The second-order valence-corrected chi connectivity index (χ2v) is 13.4. The molecule has 0 saturated carbocycles. The van der Waals surface area contributed by atoms with E-state index in [0.717, 1.165) is 46.7 Å². The van der Waals surface area contributed by atoms with E-state index in [2.05, 4.69) is 26.3 Å². The molecule has 0 amide bonds. The topological polar surface area (TPSA) is 71.1 Å². The molecule has 0 unspecified atom stereocenters. The lowest BCUT2D eigenvalue weighted by Gasteiger charge is -2.15. The number of rotatable bonds is 13. The summed E-state index contributed by atoms with van der Waals surface area (Å²) in [5, 5.41) is 0. The average molecular weight is 423 g/mol. The Morgan fingerprint density at radius 1 is 1.04 bits per heavy atom. The van der Waals surface area contributed by atoms with Crippen molar-refractivity contribution in [2.75, 3.05) is 13.2 Å². The Morgan fingerprint density at radius 3 is 1.72 bits per heavy atom. The molecule has 146 valence electrons. The van der Waals surface area contributed by atoms with Crippen molar-refractivity contribution in [3.63, 3.8) is 0 Å². The largest absolute Gasteiger partial charge is 0.468 e. The Kier molecular flexibility index (Phi) is 20.7. The zero-order valence-electron chi connectivity index (χ0n) is 16.1. The van der Waals surface area contributed by atoms with Crippen molar-refractivity contribution >= 4 is 51.7 Å². The van der Waals surface area contributed by atoms with Crippen LogP contribution in [0.4, 0.5) is 0 Å². The number of hydrogen-bond donors (Lipinski definition) is 0. The van der Waals surface area contributed by atoms with Crippen molar-refractivity contribution in [1.29, 1.82) is 0 Å². The molecular weight excluding hydrogens is 389 g/mol. The highest BCUT2D eigenvalue weighted by Crippen LogP contribution is 2.19. The lowest BCUT2D eigenvalue weighted by atomic mass is 10.1. The van der Waals surface area contributed by atoms with E-state index in [1.165, 1.54) is 12.2 Å². The van der Waals surface area contributed by atoms with Gasteiger partial charge in [-0.25, -0.2) is 9.59 Å². The van der Waals surface area contributed by atoms with Crippen molar-refractivity contribution < 1.29 is 27.3 Å². The molecule has 0 rings (SSSR count). The molecule has 0 fully saturated rings. The van der Waals surface area contributed by atoms with Crippen LogP contribution in [0.2, 0.25) is 18.6 Å². The molecule has 0 aromatic heterocycles. The molecule has 0 heterocycles. The predicted octanol–water partition coefficient (Wildman–Crippen LogP) is -0.559. The molecule has 0 aliphatic heterocycles. The van der Waals surface area contributed by atoms with Gasteiger partial charge in [0, 0.05) is 12.2 Å². The van der Waals surface area contributed by atoms with Gasteiger partial charge >= 0.3 is 11.9 Å². The van der Waals surface area contributed by atoms with E-state index in [1.54, 1.807) is 0 Å². The number of carbonyl (C=O) groups is 2. The number of carbonyl (C=O) groups excluding carboxylic acids is 2. The molecule has 0 aliphatic rings. The molecule has 0 N–H and O–H groups in total. The molecule has 0 aromatic rings. The molecular formula is C15H34O6Si4. The van der Waals surface area contributed by atoms with Gasteiger partial charge in [-0.2, -0.15) is 0 Å². The Balaban J connectivity index is 0. The maximum Gasteiger partial charge on any atom is 0.330 e. The standard InChI is InChI=1S/C13H24O5Si2.C2H10OSi2/c1-3-12(14)16-9-5-7-11(20-18-19)8-6-10-17-13(15)4-2;1-5(2)3-4/h3-4,11H,1-2,5-10,20H2,19H3;5H,1-2,4H3. The van der Waals surface area contributed by atoms with Crippen molar-refractivity contribution in [3.05, 3.63) is 25.3 Å². The van der Waals surface area contributed by atoms with Crippen molar-refractivity contribution in [2.45, 2.75) is 44.3 Å². The van der Waals surface area contributed by atoms with Gasteiger partial charge in [0.2, 0.25) is 0 Å². The quantitative estimate of drug-likeness (QED) is 0.171. The van der Waals surface area contributed by atoms with Crippen LogP contribution in [0.1, 0.15) is 25.7 Å². The summed E-state index contributed by atoms with van der Waals surface area (Å²) in [7, 11) is 0.584. The summed E-state index contributed by atoms with van der Waals surface area (Å²) in [4.78, 5) is 21.8. The van der Waals surface area contributed by atoms with Gasteiger partial charge in [-0.05, 0) is 44.3 Å². The van der Waals surface area contributed by atoms with Gasteiger partial charge in [0.1, 0.15) is 30.7 Å². The molecule has 6 nitrogen and oxygen atoms in total. The van der Waals surface area contributed by atoms with Crippen LogP contribution in [-0.4, -0.2) is 64.9 Å². The third kappa shape index (κ3) is 21.2. The molecule has 0 saturated heterocycles. The van der Waals surface area contributed by atoms with Crippen LogP contribution in [0.3, 0.4) is 0 Å². The average Bonchev–Trinajstić information content (AvgIpc) is 2.61. The Labute approximate surface area is 162 Å². The lowest BCUT2D eigenvalue weighted by Crippen LogP contribution is -2.11. The van der Waals surface area contributed by atoms with E-state index in [-0.39, 0.29) is 11.9 Å². The normalized spacial score (nSPS) is 10.7. The first kappa shape index (κ1) is 26.4. The minimum absolute atomic E-state index is 0.380. The number of ether oxygens (including phenoxy) is 2. The third-order valence-electron chi connectivity index (χ3n) is 3.21. The van der Waals surface area contributed by atoms with Crippen LogP contribution in [0, 0.1) is 0 Å². The lowest BCUT2D eigenvalue weighted by molar-refractivity contribution is -0.138. The van der Waals surface area contributed by atoms with E-state index in [0.29, 0.717) is 18.8 Å². The van der Waals surface area contributed by atoms with Crippen LogP contribution in [-0.2, 0) is 27.3 Å². The summed E-state index contributed by atoms with van der Waals surface area (Å²) in [6.07, 6.45) is 5.95. The van der Waals surface area contributed by atoms with Gasteiger partial charge in [-0.1, -0.05) is 13.2 Å². The van der Waals surface area contributed by atoms with E-state index >= 15 is 0 Å². The smallest absolute Gasteiger partial charge is 0.330 e. The molecule has 0 bridgehead atoms. The van der Waals surface area contributed by atoms with Gasteiger partial charge in [0.05, 0.1) is 13.2 Å². The Bertz CT molecular complexity index is 351. The maximum absolute atomic E-state index is 10.9. The van der Waals surface area contributed by atoms with E-state index in [9.17, 15) is 9.59 Å². The van der Waals surface area contributed by atoms with Gasteiger partial charge in [-0.3, -0.25) is 0 Å². The summed E-state index contributed by atoms with van der Waals surface area (Å²) in [5.74, 6) is -0.761. The fourth-order valence-electron chi connectivity index (χ4n) is 1.75. The second-order valence-electron chi connectivity index (χ2n) is 5.63. The first-order valence-electron chi connectivity index (χ1n) is 8.51. The van der Waals surface area contributed by atoms with Crippen molar-refractivity contribution in [1.82, 2.24) is 0 Å². The summed E-state index contributed by atoms with van der Waals surface area (Å²) in [6.45, 7) is 11.9. The van der Waals surface area contributed by atoms with Crippen LogP contribution in [0.15, 0.2) is 25.3 Å². The maximum atomic E-state index is 10.9. The molecule has 0 aromatic carbocycles. The van der Waals surface area contributed by atoms with E-state index in [1.807, 2.05) is 0 Å². The monoisotopic (exact) mass is 422 g/mol. The van der Waals surface area contributed by atoms with Crippen LogP contribution in [0.5, 0.6) is 0 Å². The molecule has 0 atom stereocenters. The van der Waals surface area contributed by atoms with Crippen LogP contribution in [0.25, 0.3) is 0 Å². The third-order valence-corrected chi connectivity index (χ3v) is 9.60. The van der Waals surface area contributed by atoms with Gasteiger partial charge in [0.25, 0.3) is 0 Å². The fourth-order valence-corrected chi connectivity index (χ4v) is 4.55. The molecule has 25 heavy (non-hydrogen) atoms. The minimum Gasteiger partial charge on any atom is -0.468 e. The van der Waals surface area contributed by atoms with Crippen molar-refractivity contribution in [3.8, 4) is 0 Å². The highest BCUT2D eigenvalue weighted by molar-refractivity contribution is 6.52. The molecule has 0 aliphatic carbocycles. The first-order valence-corrected chi connectivity index (χ1v) is 14.3. The molecule has 0 spiro atoms. The summed E-state index contributed by atoms with van der Waals surface area (Å²) in [6, 6.07) is 0. The van der Waals surface area contributed by atoms with Gasteiger partial charge in [0.15, 0.2) is 9.04 Å². The van der Waals surface area contributed by atoms with E-state index < -0.39 is 18.8 Å². The highest BCUT2D eigenvalue weighted by Gasteiger charge is 2.10. The van der Waals surface area contributed by atoms with Gasteiger partial charge in [-0.15, -0.1) is 0 Å². The zero-order chi connectivity index (χ0) is 19.5. The molecule has 10 heteroatoms. The zero-order valence-corrected chi connectivity index (χ0v) is 22.7. The summed E-state index contributed by atoms with van der Waals surface area (Å²) in [5.41, 5.74) is 0.539. The highest BCUT2D eigenvalue weighted by atomic mass is 28.3. The Morgan fingerprint density at radius 2 is 1.44 bits per heavy atom. The number of esters is 2. The SMILES string of the molecule is C=CC(=O)OCCCC(CCCOC(=O)C=C)[SiH2]O[SiH3].C[SiH](C)O[SiH3].